The Hall–Kier alpha value is -2.05. The number of ether oxygens (including phenoxy) is 1. The Morgan fingerprint density at radius 1 is 1.30 bits per heavy atom. The number of nitrogens with zero attached hydrogens (tertiary/aromatic N) is 1. The number of halogens is 2. The van der Waals surface area contributed by atoms with Crippen molar-refractivity contribution in [2.75, 3.05) is 23.4 Å². The van der Waals surface area contributed by atoms with Crippen LogP contribution in [0.2, 0.25) is 5.02 Å². The van der Waals surface area contributed by atoms with Crippen molar-refractivity contribution in [1.29, 1.82) is 0 Å². The lowest BCUT2D eigenvalue weighted by molar-refractivity contribution is -0.123. The first kappa shape index (κ1) is 15.8. The van der Waals surface area contributed by atoms with Crippen LogP contribution in [0.5, 0.6) is 5.75 Å². The summed E-state index contributed by atoms with van der Waals surface area (Å²) in [5.74, 6) is -0.0124. The number of carbonyl (C=O) groups is 2. The maximum Gasteiger partial charge on any atom is 0.265 e. The lowest BCUT2D eigenvalue weighted by Crippen LogP contribution is -2.43. The van der Waals surface area contributed by atoms with Crippen molar-refractivity contribution < 1.29 is 14.3 Å². The highest BCUT2D eigenvalue weighted by Crippen LogP contribution is 2.31. The van der Waals surface area contributed by atoms with Crippen LogP contribution in [0.3, 0.4) is 0 Å². The number of fused-ring (bicyclic) bond motifs is 1. The molecule has 0 atom stereocenters. The molecule has 3 rings (SSSR count). The van der Waals surface area contributed by atoms with E-state index in [0.29, 0.717) is 22.1 Å². The second-order valence-electron chi connectivity index (χ2n) is 4.91. The molecule has 2 amide bonds. The third kappa shape index (κ3) is 3.48. The minimum absolute atomic E-state index is 0.0800. The third-order valence-corrected chi connectivity index (χ3v) is 4.12. The average molecular weight is 396 g/mol. The third-order valence-electron chi connectivity index (χ3n) is 3.32. The summed E-state index contributed by atoms with van der Waals surface area (Å²) in [5.41, 5.74) is 1.08. The molecule has 118 valence electrons. The molecule has 23 heavy (non-hydrogen) atoms. The largest absolute Gasteiger partial charge is 0.482 e. The fraction of sp³-hybridized carbons (Fsp3) is 0.125. The molecule has 1 aliphatic heterocycles. The number of amides is 2. The van der Waals surface area contributed by atoms with E-state index in [-0.39, 0.29) is 25.0 Å². The highest BCUT2D eigenvalue weighted by atomic mass is 79.9. The zero-order valence-electron chi connectivity index (χ0n) is 11.9. The van der Waals surface area contributed by atoms with Gasteiger partial charge in [-0.2, -0.15) is 0 Å². The molecule has 2 aromatic rings. The van der Waals surface area contributed by atoms with Crippen LogP contribution in [0.4, 0.5) is 11.4 Å². The maximum absolute atomic E-state index is 12.3. The predicted molar refractivity (Wildman–Crippen MR) is 92.1 cm³/mol. The highest BCUT2D eigenvalue weighted by Gasteiger charge is 2.27. The molecule has 0 spiro atoms. The smallest absolute Gasteiger partial charge is 0.265 e. The quantitative estimate of drug-likeness (QED) is 0.866. The number of hydrogen-bond donors (Lipinski definition) is 1. The number of benzene rings is 2. The van der Waals surface area contributed by atoms with Crippen LogP contribution in [-0.2, 0) is 9.59 Å². The Morgan fingerprint density at radius 3 is 2.87 bits per heavy atom. The van der Waals surface area contributed by atoms with Gasteiger partial charge < -0.3 is 10.1 Å². The van der Waals surface area contributed by atoms with Gasteiger partial charge in [-0.3, -0.25) is 14.5 Å². The van der Waals surface area contributed by atoms with Gasteiger partial charge in [0, 0.05) is 4.47 Å². The van der Waals surface area contributed by atoms with Crippen molar-refractivity contribution in [2.24, 2.45) is 0 Å². The first-order chi connectivity index (χ1) is 11.0. The summed E-state index contributed by atoms with van der Waals surface area (Å²) < 4.78 is 6.17. The van der Waals surface area contributed by atoms with E-state index in [1.54, 1.807) is 36.4 Å². The summed E-state index contributed by atoms with van der Waals surface area (Å²) in [4.78, 5) is 25.7. The number of rotatable bonds is 3. The summed E-state index contributed by atoms with van der Waals surface area (Å²) in [6, 6.07) is 12.3. The van der Waals surface area contributed by atoms with Gasteiger partial charge in [0.05, 0.1) is 16.4 Å². The van der Waals surface area contributed by atoms with E-state index in [2.05, 4.69) is 21.2 Å². The van der Waals surface area contributed by atoms with E-state index >= 15 is 0 Å². The minimum Gasteiger partial charge on any atom is -0.482 e. The molecule has 0 fully saturated rings. The van der Waals surface area contributed by atoms with E-state index in [1.165, 1.54) is 4.90 Å². The van der Waals surface area contributed by atoms with Crippen LogP contribution in [0.15, 0.2) is 46.9 Å². The number of hydrogen-bond acceptors (Lipinski definition) is 3. The number of para-hydroxylation sites is 2. The van der Waals surface area contributed by atoms with Crippen LogP contribution in [0, 0.1) is 0 Å². The molecule has 0 unspecified atom stereocenters. The Labute approximate surface area is 146 Å². The van der Waals surface area contributed by atoms with Crippen molar-refractivity contribution in [3.63, 3.8) is 0 Å². The molecule has 0 saturated heterocycles. The molecular weight excluding hydrogens is 384 g/mol. The second kappa shape index (κ2) is 6.60. The number of carbonyl (C=O) groups excluding carboxylic acids is 2. The molecule has 1 N–H and O–H groups in total. The Kier molecular flexibility index (Phi) is 4.54. The average Bonchev–Trinajstić information content (AvgIpc) is 2.53. The molecule has 2 aromatic carbocycles. The second-order valence-corrected chi connectivity index (χ2v) is 6.23. The van der Waals surface area contributed by atoms with Crippen molar-refractivity contribution >= 4 is 50.7 Å². The van der Waals surface area contributed by atoms with Crippen molar-refractivity contribution in [2.45, 2.75) is 0 Å². The summed E-state index contributed by atoms with van der Waals surface area (Å²) in [7, 11) is 0. The van der Waals surface area contributed by atoms with E-state index in [0.717, 1.165) is 4.47 Å². The molecule has 7 heteroatoms. The van der Waals surface area contributed by atoms with Gasteiger partial charge in [-0.25, -0.2) is 0 Å². The Balaban J connectivity index is 1.76. The normalized spacial score (nSPS) is 13.3. The van der Waals surface area contributed by atoms with Gasteiger partial charge in [0.2, 0.25) is 5.91 Å². The molecule has 1 heterocycles. The molecule has 0 aliphatic carbocycles. The first-order valence-electron chi connectivity index (χ1n) is 6.81. The molecular formula is C16H12BrClN2O3. The number of anilines is 2. The topological polar surface area (TPSA) is 58.6 Å². The monoisotopic (exact) mass is 394 g/mol. The molecule has 0 aromatic heterocycles. The fourth-order valence-electron chi connectivity index (χ4n) is 2.25. The van der Waals surface area contributed by atoms with Gasteiger partial charge in [0.1, 0.15) is 12.3 Å². The lowest BCUT2D eigenvalue weighted by atomic mass is 10.2. The summed E-state index contributed by atoms with van der Waals surface area (Å²) >= 11 is 9.38. The van der Waals surface area contributed by atoms with E-state index in [4.69, 9.17) is 16.3 Å². The van der Waals surface area contributed by atoms with Crippen LogP contribution in [-0.4, -0.2) is 25.0 Å². The van der Waals surface area contributed by atoms with E-state index in [1.807, 2.05) is 6.07 Å². The fourth-order valence-corrected chi connectivity index (χ4v) is 2.97. The highest BCUT2D eigenvalue weighted by molar-refractivity contribution is 9.10. The molecule has 0 radical (unpaired) electrons. The van der Waals surface area contributed by atoms with Crippen LogP contribution in [0.1, 0.15) is 0 Å². The Bertz CT molecular complexity index is 782. The molecule has 5 nitrogen and oxygen atoms in total. The van der Waals surface area contributed by atoms with E-state index < -0.39 is 0 Å². The van der Waals surface area contributed by atoms with Crippen LogP contribution < -0.4 is 15.0 Å². The van der Waals surface area contributed by atoms with Gasteiger partial charge in [-0.05, 0) is 30.3 Å². The summed E-state index contributed by atoms with van der Waals surface area (Å²) in [5, 5.41) is 3.13. The molecule has 0 bridgehead atoms. The Morgan fingerprint density at radius 2 is 2.09 bits per heavy atom. The lowest BCUT2D eigenvalue weighted by Gasteiger charge is -2.28. The van der Waals surface area contributed by atoms with Gasteiger partial charge in [-0.15, -0.1) is 0 Å². The maximum atomic E-state index is 12.3. The zero-order chi connectivity index (χ0) is 16.4. The first-order valence-corrected chi connectivity index (χ1v) is 7.99. The van der Waals surface area contributed by atoms with Crippen LogP contribution >= 0.6 is 27.5 Å². The molecule has 0 saturated carbocycles. The van der Waals surface area contributed by atoms with Gasteiger partial charge in [0.15, 0.2) is 6.61 Å². The minimum atomic E-state index is -0.334. The predicted octanol–water partition coefficient (Wildman–Crippen LogP) is 3.47. The standard InChI is InChI=1S/C16H12BrClN2O3/c17-10-5-6-12(11(18)7-10)19-15(21)8-20-13-3-1-2-4-14(13)23-9-16(20)22/h1-7H,8-9H2,(H,19,21). The summed E-state index contributed by atoms with van der Waals surface area (Å²) in [6.07, 6.45) is 0. The van der Waals surface area contributed by atoms with Crippen molar-refractivity contribution in [3.8, 4) is 5.75 Å². The van der Waals surface area contributed by atoms with Crippen molar-refractivity contribution in [1.82, 2.24) is 0 Å². The van der Waals surface area contributed by atoms with Crippen LogP contribution in [0.25, 0.3) is 0 Å². The number of nitrogens with one attached hydrogen (secondary N) is 1. The van der Waals surface area contributed by atoms with Gasteiger partial charge >= 0.3 is 0 Å². The molecule has 1 aliphatic rings. The van der Waals surface area contributed by atoms with Crippen molar-refractivity contribution in [3.05, 3.63) is 52.0 Å². The van der Waals surface area contributed by atoms with Gasteiger partial charge in [-0.1, -0.05) is 39.7 Å². The zero-order valence-corrected chi connectivity index (χ0v) is 14.2. The summed E-state index contributed by atoms with van der Waals surface area (Å²) in [6.45, 7) is -0.186. The van der Waals surface area contributed by atoms with Gasteiger partial charge in [0.25, 0.3) is 5.91 Å². The van der Waals surface area contributed by atoms with E-state index in [9.17, 15) is 9.59 Å². The SMILES string of the molecule is O=C(CN1C(=O)COc2ccccc21)Nc1ccc(Br)cc1Cl.